The molecule has 0 fully saturated rings. The molecule has 1 aliphatic rings. The summed E-state index contributed by atoms with van der Waals surface area (Å²) in [5, 5.41) is 4.21. The van der Waals surface area contributed by atoms with Crippen LogP contribution in [0.4, 0.5) is 0 Å². The van der Waals surface area contributed by atoms with Gasteiger partial charge in [0.1, 0.15) is 6.04 Å². The number of nitrogens with one attached hydrogen (secondary N) is 1. The summed E-state index contributed by atoms with van der Waals surface area (Å²) in [6.07, 6.45) is 1.74. The van der Waals surface area contributed by atoms with Crippen LogP contribution in [-0.2, 0) is 23.2 Å². The van der Waals surface area contributed by atoms with E-state index in [1.807, 2.05) is 63.2 Å². The molecule has 0 saturated heterocycles. The normalized spacial score (nSPS) is 15.6. The lowest BCUT2D eigenvalue weighted by atomic mass is 9.83. The first-order valence-corrected chi connectivity index (χ1v) is 11.8. The second-order valence-corrected chi connectivity index (χ2v) is 11.2. The number of rotatable bonds is 3. The van der Waals surface area contributed by atoms with Crippen molar-refractivity contribution in [3.63, 3.8) is 0 Å². The van der Waals surface area contributed by atoms with Crippen LogP contribution in [0.2, 0.25) is 0 Å². The van der Waals surface area contributed by atoms with Crippen molar-refractivity contribution < 1.29 is 9.59 Å². The molecule has 1 atom stereocenters. The van der Waals surface area contributed by atoms with Crippen molar-refractivity contribution in [1.82, 2.24) is 14.8 Å². The number of hydrogen-bond donors (Lipinski definition) is 1. The number of fused-ring (bicyclic) bond motifs is 3. The number of nitrogens with zero attached hydrogens (tertiary/aromatic N) is 2. The van der Waals surface area contributed by atoms with Crippen LogP contribution in [0.5, 0.6) is 0 Å². The summed E-state index contributed by atoms with van der Waals surface area (Å²) < 4.78 is 2.19. The molecule has 178 valence electrons. The SMILES string of the molecule is Cn1c2c(c3ccccc31)CN(C(C(=O)NC(C)(C)C)c1ccccc1)C(=O)C=C2C(C)(C)C. The summed E-state index contributed by atoms with van der Waals surface area (Å²) in [6.45, 7) is 12.6. The van der Waals surface area contributed by atoms with E-state index in [0.717, 1.165) is 33.3 Å². The van der Waals surface area contributed by atoms with E-state index in [9.17, 15) is 9.59 Å². The maximum absolute atomic E-state index is 13.8. The van der Waals surface area contributed by atoms with Gasteiger partial charge in [-0.2, -0.15) is 0 Å². The molecule has 0 aliphatic carbocycles. The second-order valence-electron chi connectivity index (χ2n) is 11.2. The minimum Gasteiger partial charge on any atom is -0.349 e. The predicted octanol–water partition coefficient (Wildman–Crippen LogP) is 5.61. The molecule has 3 aromatic rings. The molecule has 34 heavy (non-hydrogen) atoms. The van der Waals surface area contributed by atoms with Gasteiger partial charge in [-0.3, -0.25) is 9.59 Å². The van der Waals surface area contributed by atoms with E-state index < -0.39 is 11.6 Å². The van der Waals surface area contributed by atoms with E-state index >= 15 is 0 Å². The van der Waals surface area contributed by atoms with Crippen LogP contribution in [0.1, 0.15) is 64.4 Å². The Hall–Kier alpha value is -3.34. The Labute approximate surface area is 202 Å². The van der Waals surface area contributed by atoms with E-state index in [1.165, 1.54) is 0 Å². The summed E-state index contributed by atoms with van der Waals surface area (Å²) in [7, 11) is 2.06. The molecular weight excluding hydrogens is 422 g/mol. The smallest absolute Gasteiger partial charge is 0.248 e. The molecule has 2 aromatic carbocycles. The fourth-order valence-corrected chi connectivity index (χ4v) is 4.83. The molecular formula is C29H35N3O2. The van der Waals surface area contributed by atoms with E-state index in [2.05, 4.69) is 49.8 Å². The molecule has 5 heteroatoms. The molecule has 0 bridgehead atoms. The van der Waals surface area contributed by atoms with Crippen molar-refractivity contribution >= 4 is 28.3 Å². The molecule has 4 rings (SSSR count). The molecule has 1 aliphatic heterocycles. The molecule has 2 heterocycles. The van der Waals surface area contributed by atoms with Crippen molar-refractivity contribution in [2.75, 3.05) is 0 Å². The molecule has 0 radical (unpaired) electrons. The standard InChI is InChI=1S/C29H35N3O2/c1-28(2,3)22-17-24(33)32(18-21-20-15-11-12-16-23(20)31(7)26(21)22)25(19-13-9-8-10-14-19)27(34)30-29(4,5)6/h8-17,25H,18H2,1-7H3,(H,30,34). The van der Waals surface area contributed by atoms with Gasteiger partial charge in [0.15, 0.2) is 0 Å². The fourth-order valence-electron chi connectivity index (χ4n) is 4.83. The Morgan fingerprint density at radius 3 is 2.18 bits per heavy atom. The number of benzene rings is 2. The van der Waals surface area contributed by atoms with E-state index in [4.69, 9.17) is 0 Å². The molecule has 1 N–H and O–H groups in total. The first-order valence-electron chi connectivity index (χ1n) is 11.8. The van der Waals surface area contributed by atoms with Gasteiger partial charge in [0.05, 0.1) is 5.69 Å². The van der Waals surface area contributed by atoms with Crippen LogP contribution in [0, 0.1) is 5.41 Å². The number of hydrogen-bond acceptors (Lipinski definition) is 2. The van der Waals surface area contributed by atoms with Crippen molar-refractivity contribution in [1.29, 1.82) is 0 Å². The lowest BCUT2D eigenvalue weighted by Gasteiger charge is -2.32. The lowest BCUT2D eigenvalue weighted by molar-refractivity contribution is -0.138. The van der Waals surface area contributed by atoms with Gasteiger partial charge in [0.25, 0.3) is 0 Å². The summed E-state index contributed by atoms with van der Waals surface area (Å²) in [4.78, 5) is 29.2. The van der Waals surface area contributed by atoms with Gasteiger partial charge in [0.2, 0.25) is 11.8 Å². The zero-order chi connectivity index (χ0) is 24.8. The number of carbonyl (C=O) groups excluding carboxylic acids is 2. The third-order valence-electron chi connectivity index (χ3n) is 6.33. The van der Waals surface area contributed by atoms with E-state index in [0.29, 0.717) is 6.54 Å². The highest BCUT2D eigenvalue weighted by Crippen LogP contribution is 2.43. The topological polar surface area (TPSA) is 54.3 Å². The average molecular weight is 458 g/mol. The Bertz CT molecular complexity index is 1270. The molecule has 1 aromatic heterocycles. The molecule has 2 amide bonds. The van der Waals surface area contributed by atoms with Gasteiger partial charge in [0, 0.05) is 41.7 Å². The van der Waals surface area contributed by atoms with Crippen LogP contribution in [0.25, 0.3) is 16.5 Å². The number of allylic oxidation sites excluding steroid dienone is 1. The monoisotopic (exact) mass is 457 g/mol. The summed E-state index contributed by atoms with van der Waals surface area (Å²) in [6, 6.07) is 17.1. The highest BCUT2D eigenvalue weighted by atomic mass is 16.2. The quantitative estimate of drug-likeness (QED) is 0.556. The predicted molar refractivity (Wildman–Crippen MR) is 138 cm³/mol. The highest BCUT2D eigenvalue weighted by Gasteiger charge is 2.38. The number of aromatic nitrogens is 1. The van der Waals surface area contributed by atoms with E-state index in [1.54, 1.807) is 11.0 Å². The van der Waals surface area contributed by atoms with Gasteiger partial charge < -0.3 is 14.8 Å². The minimum absolute atomic E-state index is 0.150. The van der Waals surface area contributed by atoms with Gasteiger partial charge in [-0.05, 0) is 43.4 Å². The maximum Gasteiger partial charge on any atom is 0.248 e. The molecule has 0 spiro atoms. The van der Waals surface area contributed by atoms with Gasteiger partial charge in [-0.25, -0.2) is 0 Å². The van der Waals surface area contributed by atoms with Crippen LogP contribution >= 0.6 is 0 Å². The first-order chi connectivity index (χ1) is 15.9. The van der Waals surface area contributed by atoms with Crippen molar-refractivity contribution in [2.45, 2.75) is 59.7 Å². The number of carbonyl (C=O) groups is 2. The Morgan fingerprint density at radius 2 is 1.56 bits per heavy atom. The third kappa shape index (κ3) is 4.39. The molecule has 5 nitrogen and oxygen atoms in total. The number of aryl methyl sites for hydroxylation is 1. The van der Waals surface area contributed by atoms with Crippen molar-refractivity contribution in [2.24, 2.45) is 12.5 Å². The zero-order valence-electron chi connectivity index (χ0n) is 21.3. The van der Waals surface area contributed by atoms with Gasteiger partial charge in [-0.1, -0.05) is 69.3 Å². The highest BCUT2D eigenvalue weighted by molar-refractivity contribution is 6.03. The van der Waals surface area contributed by atoms with Gasteiger partial charge >= 0.3 is 0 Å². The fraction of sp³-hybridized carbons (Fsp3) is 0.379. The van der Waals surface area contributed by atoms with Crippen LogP contribution < -0.4 is 5.32 Å². The van der Waals surface area contributed by atoms with Crippen LogP contribution in [0.3, 0.4) is 0 Å². The Balaban J connectivity index is 1.95. The first kappa shape index (κ1) is 23.8. The van der Waals surface area contributed by atoms with Crippen LogP contribution in [-0.4, -0.2) is 26.8 Å². The maximum atomic E-state index is 13.8. The minimum atomic E-state index is -0.740. The second kappa shape index (κ2) is 8.46. The molecule has 0 saturated carbocycles. The van der Waals surface area contributed by atoms with Crippen LogP contribution in [0.15, 0.2) is 60.7 Å². The third-order valence-corrected chi connectivity index (χ3v) is 6.33. The number of amides is 2. The van der Waals surface area contributed by atoms with Crippen molar-refractivity contribution in [3.8, 4) is 0 Å². The Morgan fingerprint density at radius 1 is 0.941 bits per heavy atom. The largest absolute Gasteiger partial charge is 0.349 e. The molecule has 1 unspecified atom stereocenters. The zero-order valence-corrected chi connectivity index (χ0v) is 21.3. The lowest BCUT2D eigenvalue weighted by Crippen LogP contribution is -2.48. The Kier molecular flexibility index (Phi) is 5.92. The number of para-hydroxylation sites is 1. The summed E-state index contributed by atoms with van der Waals surface area (Å²) in [5.41, 5.74) is 4.37. The average Bonchev–Trinajstić information content (AvgIpc) is 2.91. The van der Waals surface area contributed by atoms with E-state index in [-0.39, 0.29) is 17.2 Å². The summed E-state index contributed by atoms with van der Waals surface area (Å²) in [5.74, 6) is -0.329. The van der Waals surface area contributed by atoms with Crippen molar-refractivity contribution in [3.05, 3.63) is 77.5 Å². The van der Waals surface area contributed by atoms with Gasteiger partial charge in [-0.15, -0.1) is 0 Å². The summed E-state index contributed by atoms with van der Waals surface area (Å²) >= 11 is 0.